The molecule has 2 N–H and O–H groups in total. The molecule has 0 spiro atoms. The Morgan fingerprint density at radius 3 is 2.75 bits per heavy atom. The van der Waals surface area contributed by atoms with Gasteiger partial charge in [0.1, 0.15) is 0 Å². The van der Waals surface area contributed by atoms with Gasteiger partial charge in [-0.25, -0.2) is 0 Å². The SMILES string of the molecule is CNC(C)CNC(=O)CCc1ccncc1. The van der Waals surface area contributed by atoms with Crippen molar-refractivity contribution in [3.05, 3.63) is 30.1 Å². The molecule has 0 fully saturated rings. The van der Waals surface area contributed by atoms with Crippen LogP contribution in [0.2, 0.25) is 0 Å². The van der Waals surface area contributed by atoms with Gasteiger partial charge >= 0.3 is 0 Å². The number of likely N-dealkylation sites (N-methyl/N-ethyl adjacent to an activating group) is 1. The minimum atomic E-state index is 0.0962. The van der Waals surface area contributed by atoms with Crippen LogP contribution in [0, 0.1) is 0 Å². The van der Waals surface area contributed by atoms with Crippen molar-refractivity contribution in [3.63, 3.8) is 0 Å². The zero-order valence-corrected chi connectivity index (χ0v) is 9.86. The lowest BCUT2D eigenvalue weighted by Crippen LogP contribution is -2.37. The van der Waals surface area contributed by atoms with Gasteiger partial charge in [-0.15, -0.1) is 0 Å². The first kappa shape index (κ1) is 12.6. The van der Waals surface area contributed by atoms with Crippen LogP contribution in [0.25, 0.3) is 0 Å². The molecular formula is C12H19N3O. The Balaban J connectivity index is 2.20. The maximum absolute atomic E-state index is 11.5. The quantitative estimate of drug-likeness (QED) is 0.745. The topological polar surface area (TPSA) is 54.0 Å². The van der Waals surface area contributed by atoms with Gasteiger partial charge < -0.3 is 10.6 Å². The van der Waals surface area contributed by atoms with E-state index in [9.17, 15) is 4.79 Å². The average molecular weight is 221 g/mol. The van der Waals surface area contributed by atoms with Gasteiger partial charge in [-0.2, -0.15) is 0 Å². The van der Waals surface area contributed by atoms with Crippen LogP contribution in [-0.2, 0) is 11.2 Å². The number of nitrogens with one attached hydrogen (secondary N) is 2. The monoisotopic (exact) mass is 221 g/mol. The molecular weight excluding hydrogens is 202 g/mol. The molecule has 0 saturated heterocycles. The molecule has 0 aliphatic heterocycles. The van der Waals surface area contributed by atoms with Gasteiger partial charge in [0.05, 0.1) is 0 Å². The van der Waals surface area contributed by atoms with Crippen molar-refractivity contribution in [2.24, 2.45) is 0 Å². The molecule has 0 bridgehead atoms. The summed E-state index contributed by atoms with van der Waals surface area (Å²) in [6.07, 6.45) is 4.79. The first-order valence-electron chi connectivity index (χ1n) is 5.55. The second-order valence-electron chi connectivity index (χ2n) is 3.85. The third-order valence-electron chi connectivity index (χ3n) is 2.49. The van der Waals surface area contributed by atoms with Gasteiger partial charge in [0.25, 0.3) is 0 Å². The van der Waals surface area contributed by atoms with Gasteiger partial charge in [-0.1, -0.05) is 0 Å². The molecule has 1 atom stereocenters. The number of aryl methyl sites for hydroxylation is 1. The molecule has 1 aromatic heterocycles. The molecule has 88 valence electrons. The number of nitrogens with zero attached hydrogens (tertiary/aromatic N) is 1. The first-order valence-corrected chi connectivity index (χ1v) is 5.55. The van der Waals surface area contributed by atoms with Gasteiger partial charge in [0, 0.05) is 31.4 Å². The Kier molecular flexibility index (Phi) is 5.50. The molecule has 1 unspecified atom stereocenters. The van der Waals surface area contributed by atoms with Crippen molar-refractivity contribution in [1.29, 1.82) is 0 Å². The molecule has 0 aliphatic carbocycles. The molecule has 1 rings (SSSR count). The van der Waals surface area contributed by atoms with E-state index < -0.39 is 0 Å². The van der Waals surface area contributed by atoms with Crippen LogP contribution in [0.5, 0.6) is 0 Å². The molecule has 1 aromatic rings. The van der Waals surface area contributed by atoms with Crippen LogP contribution in [0.4, 0.5) is 0 Å². The highest BCUT2D eigenvalue weighted by Crippen LogP contribution is 2.00. The third kappa shape index (κ3) is 4.89. The summed E-state index contributed by atoms with van der Waals surface area (Å²) in [6.45, 7) is 2.70. The first-order chi connectivity index (χ1) is 7.72. The zero-order valence-electron chi connectivity index (χ0n) is 9.86. The van der Waals surface area contributed by atoms with Crippen molar-refractivity contribution < 1.29 is 4.79 Å². The van der Waals surface area contributed by atoms with E-state index in [1.54, 1.807) is 12.4 Å². The lowest BCUT2D eigenvalue weighted by molar-refractivity contribution is -0.121. The number of rotatable bonds is 6. The Bertz CT molecular complexity index is 313. The number of hydrogen-bond donors (Lipinski definition) is 2. The van der Waals surface area contributed by atoms with Crippen LogP contribution < -0.4 is 10.6 Å². The summed E-state index contributed by atoms with van der Waals surface area (Å²) in [4.78, 5) is 15.4. The molecule has 1 amide bonds. The second-order valence-corrected chi connectivity index (χ2v) is 3.85. The van der Waals surface area contributed by atoms with Gasteiger partial charge in [-0.3, -0.25) is 9.78 Å². The minimum Gasteiger partial charge on any atom is -0.355 e. The molecule has 0 aliphatic rings. The zero-order chi connectivity index (χ0) is 11.8. The number of pyridine rings is 1. The third-order valence-corrected chi connectivity index (χ3v) is 2.49. The summed E-state index contributed by atoms with van der Waals surface area (Å²) in [5, 5.41) is 5.96. The predicted molar refractivity (Wildman–Crippen MR) is 64.1 cm³/mol. The van der Waals surface area contributed by atoms with E-state index in [0.717, 1.165) is 12.0 Å². The summed E-state index contributed by atoms with van der Waals surface area (Å²) in [7, 11) is 1.88. The normalized spacial score (nSPS) is 12.1. The van der Waals surface area contributed by atoms with Crippen LogP contribution >= 0.6 is 0 Å². The molecule has 4 nitrogen and oxygen atoms in total. The highest BCUT2D eigenvalue weighted by molar-refractivity contribution is 5.76. The Morgan fingerprint density at radius 2 is 2.12 bits per heavy atom. The fourth-order valence-electron chi connectivity index (χ4n) is 1.26. The Labute approximate surface area is 96.5 Å². The predicted octanol–water partition coefficient (Wildman–Crippen LogP) is 0.738. The number of aromatic nitrogens is 1. The van der Waals surface area contributed by atoms with E-state index in [1.165, 1.54) is 0 Å². The molecule has 0 saturated carbocycles. The van der Waals surface area contributed by atoms with E-state index in [0.29, 0.717) is 19.0 Å². The maximum atomic E-state index is 11.5. The maximum Gasteiger partial charge on any atom is 0.220 e. The molecule has 0 aromatic carbocycles. The van der Waals surface area contributed by atoms with E-state index >= 15 is 0 Å². The fourth-order valence-corrected chi connectivity index (χ4v) is 1.26. The van der Waals surface area contributed by atoms with Gasteiger partial charge in [0.2, 0.25) is 5.91 Å². The lowest BCUT2D eigenvalue weighted by atomic mass is 10.1. The largest absolute Gasteiger partial charge is 0.355 e. The van der Waals surface area contributed by atoms with Crippen molar-refractivity contribution in [2.75, 3.05) is 13.6 Å². The van der Waals surface area contributed by atoms with Gasteiger partial charge in [-0.05, 0) is 38.1 Å². The smallest absolute Gasteiger partial charge is 0.220 e. The highest BCUT2D eigenvalue weighted by Gasteiger charge is 2.03. The van der Waals surface area contributed by atoms with E-state index in [2.05, 4.69) is 15.6 Å². The lowest BCUT2D eigenvalue weighted by Gasteiger charge is -2.11. The summed E-state index contributed by atoms with van der Waals surface area (Å²) in [5.41, 5.74) is 1.15. The summed E-state index contributed by atoms with van der Waals surface area (Å²) in [5.74, 6) is 0.0962. The number of amides is 1. The number of carbonyl (C=O) groups is 1. The second kappa shape index (κ2) is 6.95. The Hall–Kier alpha value is -1.42. The van der Waals surface area contributed by atoms with Crippen molar-refractivity contribution in [1.82, 2.24) is 15.6 Å². The van der Waals surface area contributed by atoms with E-state index in [1.807, 2.05) is 26.1 Å². The highest BCUT2D eigenvalue weighted by atomic mass is 16.1. The van der Waals surface area contributed by atoms with E-state index in [-0.39, 0.29) is 5.91 Å². The molecule has 16 heavy (non-hydrogen) atoms. The van der Waals surface area contributed by atoms with Crippen molar-refractivity contribution >= 4 is 5.91 Å². The van der Waals surface area contributed by atoms with Crippen LogP contribution in [0.15, 0.2) is 24.5 Å². The summed E-state index contributed by atoms with van der Waals surface area (Å²) < 4.78 is 0. The molecule has 4 heteroatoms. The van der Waals surface area contributed by atoms with Crippen LogP contribution in [0.1, 0.15) is 18.9 Å². The fraction of sp³-hybridized carbons (Fsp3) is 0.500. The van der Waals surface area contributed by atoms with Gasteiger partial charge in [0.15, 0.2) is 0 Å². The average Bonchev–Trinajstić information content (AvgIpc) is 2.34. The molecule has 0 radical (unpaired) electrons. The Morgan fingerprint density at radius 1 is 1.44 bits per heavy atom. The standard InChI is InChI=1S/C12H19N3O/c1-10(13-2)9-15-12(16)4-3-11-5-7-14-8-6-11/h5-8,10,13H,3-4,9H2,1-2H3,(H,15,16). The van der Waals surface area contributed by atoms with Crippen LogP contribution in [0.3, 0.4) is 0 Å². The number of hydrogen-bond acceptors (Lipinski definition) is 3. The van der Waals surface area contributed by atoms with Crippen molar-refractivity contribution in [3.8, 4) is 0 Å². The summed E-state index contributed by atoms with van der Waals surface area (Å²) >= 11 is 0. The van der Waals surface area contributed by atoms with Crippen molar-refractivity contribution in [2.45, 2.75) is 25.8 Å². The van der Waals surface area contributed by atoms with E-state index in [4.69, 9.17) is 0 Å². The minimum absolute atomic E-state index is 0.0962. The summed E-state index contributed by atoms with van der Waals surface area (Å²) in [6, 6.07) is 4.18. The molecule has 1 heterocycles. The van der Waals surface area contributed by atoms with Crippen LogP contribution in [-0.4, -0.2) is 30.5 Å². The number of carbonyl (C=O) groups excluding carboxylic acids is 1.